The zero-order valence-corrected chi connectivity index (χ0v) is 15.9. The van der Waals surface area contributed by atoms with Crippen molar-refractivity contribution in [3.63, 3.8) is 0 Å². The number of amides is 1. The molecule has 0 aliphatic heterocycles. The highest BCUT2D eigenvalue weighted by atomic mass is 32.2. The third kappa shape index (κ3) is 3.96. The average Bonchev–Trinajstić information content (AvgIpc) is 3.10. The van der Waals surface area contributed by atoms with Crippen LogP contribution < -0.4 is 14.8 Å². The van der Waals surface area contributed by atoms with Gasteiger partial charge in [-0.05, 0) is 43.3 Å². The number of para-hydroxylation sites is 1. The van der Waals surface area contributed by atoms with E-state index >= 15 is 0 Å². The fourth-order valence-corrected chi connectivity index (χ4v) is 3.81. The van der Waals surface area contributed by atoms with Crippen LogP contribution in [0.2, 0.25) is 0 Å². The fourth-order valence-electron chi connectivity index (χ4n) is 2.89. The Balaban J connectivity index is 1.72. The summed E-state index contributed by atoms with van der Waals surface area (Å²) in [5, 5.41) is 3.95. The minimum absolute atomic E-state index is 0.0724. The Morgan fingerprint density at radius 3 is 2.70 bits per heavy atom. The molecule has 0 unspecified atom stereocenters. The molecule has 0 saturated heterocycles. The summed E-state index contributed by atoms with van der Waals surface area (Å²) in [4.78, 5) is 15.6. The molecule has 0 aliphatic rings. The molecule has 3 rings (SSSR count). The van der Waals surface area contributed by atoms with Crippen LogP contribution in [-0.4, -0.2) is 40.0 Å². The maximum Gasteiger partial charge on any atom is 0.251 e. The van der Waals surface area contributed by atoms with Gasteiger partial charge in [0.25, 0.3) is 5.91 Å². The van der Waals surface area contributed by atoms with Crippen molar-refractivity contribution in [3.8, 4) is 5.75 Å². The molecule has 3 aromatic rings. The summed E-state index contributed by atoms with van der Waals surface area (Å²) < 4.78 is 31.6. The maximum absolute atomic E-state index is 12.4. The zero-order valence-electron chi connectivity index (χ0n) is 15.1. The van der Waals surface area contributed by atoms with Crippen molar-refractivity contribution >= 4 is 26.8 Å². The van der Waals surface area contributed by atoms with Gasteiger partial charge in [-0.15, -0.1) is 0 Å². The summed E-state index contributed by atoms with van der Waals surface area (Å²) in [7, 11) is -1.05. The third-order valence-corrected chi connectivity index (χ3v) is 5.77. The van der Waals surface area contributed by atoms with Crippen LogP contribution in [0.15, 0.2) is 53.6 Å². The van der Waals surface area contributed by atoms with Crippen LogP contribution in [0.4, 0.5) is 0 Å². The molecule has 1 heterocycles. The van der Waals surface area contributed by atoms with E-state index < -0.39 is 10.0 Å². The number of nitrogens with one attached hydrogen (secondary N) is 3. The van der Waals surface area contributed by atoms with Crippen LogP contribution in [-0.2, 0) is 16.4 Å². The van der Waals surface area contributed by atoms with E-state index in [0.717, 1.165) is 16.5 Å². The average molecular weight is 387 g/mol. The second kappa shape index (κ2) is 7.81. The Labute approximate surface area is 157 Å². The van der Waals surface area contributed by atoms with Gasteiger partial charge in [-0.2, -0.15) is 0 Å². The summed E-state index contributed by atoms with van der Waals surface area (Å²) in [6.07, 6.45) is 2.59. The number of H-pyrrole nitrogens is 1. The van der Waals surface area contributed by atoms with E-state index in [2.05, 4.69) is 15.0 Å². The lowest BCUT2D eigenvalue weighted by molar-refractivity contribution is 0.0954. The van der Waals surface area contributed by atoms with Crippen LogP contribution >= 0.6 is 0 Å². The van der Waals surface area contributed by atoms with Gasteiger partial charge in [0, 0.05) is 29.2 Å². The molecule has 0 fully saturated rings. The van der Waals surface area contributed by atoms with Crippen molar-refractivity contribution < 1.29 is 17.9 Å². The summed E-state index contributed by atoms with van der Waals surface area (Å²) >= 11 is 0. The van der Waals surface area contributed by atoms with E-state index in [1.54, 1.807) is 0 Å². The first kappa shape index (κ1) is 18.9. The molecule has 7 nitrogen and oxygen atoms in total. The topological polar surface area (TPSA) is 100 Å². The predicted octanol–water partition coefficient (Wildman–Crippen LogP) is 2.06. The van der Waals surface area contributed by atoms with Crippen molar-refractivity contribution in [1.29, 1.82) is 0 Å². The van der Waals surface area contributed by atoms with E-state index in [-0.39, 0.29) is 22.1 Å². The summed E-state index contributed by atoms with van der Waals surface area (Å²) in [5.74, 6) is -0.162. The molecular formula is C19H21N3O4S. The number of fused-ring (bicyclic) bond motifs is 1. The molecule has 1 amide bonds. The molecule has 0 spiro atoms. The Morgan fingerprint density at radius 2 is 1.96 bits per heavy atom. The highest BCUT2D eigenvalue weighted by Crippen LogP contribution is 2.24. The van der Waals surface area contributed by atoms with Crippen LogP contribution in [0.3, 0.4) is 0 Å². The van der Waals surface area contributed by atoms with Crippen molar-refractivity contribution in [3.05, 3.63) is 59.8 Å². The van der Waals surface area contributed by atoms with Gasteiger partial charge in [0.15, 0.2) is 0 Å². The standard InChI is InChI=1S/C19H21N3O4S/c1-20-27(24,25)18-11-13(7-8-17(18)26-2)19(23)21-10-9-14-12-22-16-6-4-3-5-15(14)16/h3-8,11-12,20,22H,9-10H2,1-2H3,(H,21,23). The highest BCUT2D eigenvalue weighted by molar-refractivity contribution is 7.89. The normalized spacial score (nSPS) is 11.5. The maximum atomic E-state index is 12.4. The number of hydrogen-bond donors (Lipinski definition) is 3. The molecule has 0 aliphatic carbocycles. The van der Waals surface area contributed by atoms with Crippen molar-refractivity contribution in [2.75, 3.05) is 20.7 Å². The van der Waals surface area contributed by atoms with Crippen LogP contribution in [0.1, 0.15) is 15.9 Å². The molecule has 27 heavy (non-hydrogen) atoms. The quantitative estimate of drug-likeness (QED) is 0.578. The van der Waals surface area contributed by atoms with Crippen molar-refractivity contribution in [1.82, 2.24) is 15.0 Å². The van der Waals surface area contributed by atoms with Gasteiger partial charge in [-0.1, -0.05) is 18.2 Å². The first-order valence-corrected chi connectivity index (χ1v) is 9.89. The summed E-state index contributed by atoms with van der Waals surface area (Å²) in [6.45, 7) is 0.431. The number of aromatic amines is 1. The van der Waals surface area contributed by atoms with Crippen LogP contribution in [0, 0.1) is 0 Å². The number of aromatic nitrogens is 1. The van der Waals surface area contributed by atoms with Gasteiger partial charge in [0.2, 0.25) is 10.0 Å². The first-order chi connectivity index (χ1) is 13.0. The second-order valence-corrected chi connectivity index (χ2v) is 7.79. The predicted molar refractivity (Wildman–Crippen MR) is 104 cm³/mol. The highest BCUT2D eigenvalue weighted by Gasteiger charge is 2.20. The molecule has 142 valence electrons. The molecular weight excluding hydrogens is 366 g/mol. The van der Waals surface area contributed by atoms with Gasteiger partial charge in [0.05, 0.1) is 7.11 Å². The molecule has 3 N–H and O–H groups in total. The Bertz CT molecular complexity index is 1070. The molecule has 8 heteroatoms. The van der Waals surface area contributed by atoms with E-state index in [4.69, 9.17) is 4.74 Å². The van der Waals surface area contributed by atoms with E-state index in [1.165, 1.54) is 32.4 Å². The number of ether oxygens (including phenoxy) is 1. The molecule has 2 aromatic carbocycles. The third-order valence-electron chi connectivity index (χ3n) is 4.34. The molecule has 0 saturated carbocycles. The van der Waals surface area contributed by atoms with E-state index in [1.807, 2.05) is 30.5 Å². The van der Waals surface area contributed by atoms with E-state index in [9.17, 15) is 13.2 Å². The van der Waals surface area contributed by atoms with Gasteiger partial charge in [-0.25, -0.2) is 13.1 Å². The minimum atomic E-state index is -3.74. The van der Waals surface area contributed by atoms with Gasteiger partial charge < -0.3 is 15.0 Å². The number of benzene rings is 2. The summed E-state index contributed by atoms with van der Waals surface area (Å²) in [6, 6.07) is 12.3. The van der Waals surface area contributed by atoms with Gasteiger partial charge >= 0.3 is 0 Å². The smallest absolute Gasteiger partial charge is 0.251 e. The monoisotopic (exact) mass is 387 g/mol. The lowest BCUT2D eigenvalue weighted by Gasteiger charge is -2.11. The lowest BCUT2D eigenvalue weighted by Crippen LogP contribution is -2.26. The SMILES string of the molecule is CNS(=O)(=O)c1cc(C(=O)NCCc2c[nH]c3ccccc23)ccc1OC. The number of methoxy groups -OCH3 is 1. The number of carbonyl (C=O) groups is 1. The number of rotatable bonds is 7. The Hall–Kier alpha value is -2.84. The number of carbonyl (C=O) groups excluding carboxylic acids is 1. The van der Waals surface area contributed by atoms with Crippen LogP contribution in [0.25, 0.3) is 10.9 Å². The Kier molecular flexibility index (Phi) is 5.48. The molecule has 1 aromatic heterocycles. The number of hydrogen-bond acceptors (Lipinski definition) is 4. The molecule has 0 bridgehead atoms. The van der Waals surface area contributed by atoms with Gasteiger partial charge in [-0.3, -0.25) is 4.79 Å². The minimum Gasteiger partial charge on any atom is -0.495 e. The second-order valence-electron chi connectivity index (χ2n) is 5.94. The largest absolute Gasteiger partial charge is 0.495 e. The van der Waals surface area contributed by atoms with Gasteiger partial charge in [0.1, 0.15) is 10.6 Å². The fraction of sp³-hybridized carbons (Fsp3) is 0.211. The van der Waals surface area contributed by atoms with Crippen molar-refractivity contribution in [2.24, 2.45) is 0 Å². The van der Waals surface area contributed by atoms with E-state index in [0.29, 0.717) is 13.0 Å². The van der Waals surface area contributed by atoms with Crippen LogP contribution in [0.5, 0.6) is 5.75 Å². The number of sulfonamides is 1. The lowest BCUT2D eigenvalue weighted by atomic mass is 10.1. The molecule has 0 radical (unpaired) electrons. The van der Waals surface area contributed by atoms with Crippen molar-refractivity contribution in [2.45, 2.75) is 11.3 Å². The summed E-state index contributed by atoms with van der Waals surface area (Å²) in [5.41, 5.74) is 2.42. The zero-order chi connectivity index (χ0) is 19.4. The Morgan fingerprint density at radius 1 is 1.19 bits per heavy atom. The molecule has 0 atom stereocenters. The first-order valence-electron chi connectivity index (χ1n) is 8.41.